The van der Waals surface area contributed by atoms with E-state index in [2.05, 4.69) is 6.92 Å². The first-order chi connectivity index (χ1) is 7.67. The molecule has 1 aromatic rings. The first-order valence-electron chi connectivity index (χ1n) is 5.33. The summed E-state index contributed by atoms with van der Waals surface area (Å²) in [4.78, 5) is 0. The number of benzene rings is 1. The Bertz CT molecular complexity index is 333. The van der Waals surface area contributed by atoms with Crippen LogP contribution in [0.15, 0.2) is 18.2 Å². The number of hydrogen-bond donors (Lipinski definition) is 1. The minimum absolute atomic E-state index is 0.273. The Kier molecular flexibility index (Phi) is 6.03. The smallest absolute Gasteiger partial charge is 0.122 e. The summed E-state index contributed by atoms with van der Waals surface area (Å²) >= 11 is 7.77. The normalized spacial score (nSPS) is 12.5. The first kappa shape index (κ1) is 13.7. The molecule has 1 unspecified atom stereocenters. The van der Waals surface area contributed by atoms with Gasteiger partial charge in [0, 0.05) is 28.1 Å². The van der Waals surface area contributed by atoms with Gasteiger partial charge in [-0.05, 0) is 24.6 Å². The Morgan fingerprint density at radius 3 is 2.88 bits per heavy atom. The lowest BCUT2D eigenvalue weighted by molar-refractivity contribution is 0.411. The van der Waals surface area contributed by atoms with Gasteiger partial charge in [-0.1, -0.05) is 18.5 Å². The molecule has 0 saturated carbocycles. The topological polar surface area (TPSA) is 35.2 Å². The van der Waals surface area contributed by atoms with Crippen molar-refractivity contribution in [1.29, 1.82) is 0 Å². The van der Waals surface area contributed by atoms with Crippen molar-refractivity contribution >= 4 is 23.4 Å². The van der Waals surface area contributed by atoms with Gasteiger partial charge in [0.15, 0.2) is 0 Å². The van der Waals surface area contributed by atoms with Gasteiger partial charge in [-0.3, -0.25) is 0 Å². The Labute approximate surface area is 107 Å². The molecular weight excluding hydrogens is 242 g/mol. The van der Waals surface area contributed by atoms with E-state index in [1.165, 1.54) is 0 Å². The molecule has 2 nitrogen and oxygen atoms in total. The summed E-state index contributed by atoms with van der Waals surface area (Å²) in [5.74, 6) is 2.74. The van der Waals surface area contributed by atoms with Crippen molar-refractivity contribution < 1.29 is 4.74 Å². The molecule has 90 valence electrons. The van der Waals surface area contributed by atoms with Gasteiger partial charge >= 0.3 is 0 Å². The zero-order chi connectivity index (χ0) is 12.0. The number of methoxy groups -OCH3 is 1. The van der Waals surface area contributed by atoms with Crippen LogP contribution < -0.4 is 10.5 Å². The third-order valence-corrected chi connectivity index (χ3v) is 3.77. The lowest BCUT2D eigenvalue weighted by Gasteiger charge is -2.11. The third kappa shape index (κ3) is 4.24. The summed E-state index contributed by atoms with van der Waals surface area (Å²) in [6.45, 7) is 2.10. The molecule has 16 heavy (non-hydrogen) atoms. The van der Waals surface area contributed by atoms with Gasteiger partial charge in [-0.15, -0.1) is 0 Å². The molecule has 0 heterocycles. The lowest BCUT2D eigenvalue weighted by Crippen LogP contribution is -2.21. The van der Waals surface area contributed by atoms with E-state index in [1.54, 1.807) is 7.11 Å². The van der Waals surface area contributed by atoms with Crippen molar-refractivity contribution in [3.63, 3.8) is 0 Å². The van der Waals surface area contributed by atoms with E-state index in [0.29, 0.717) is 0 Å². The molecule has 0 aliphatic rings. The molecule has 1 aromatic carbocycles. The quantitative estimate of drug-likeness (QED) is 0.851. The minimum Gasteiger partial charge on any atom is -0.496 e. The van der Waals surface area contributed by atoms with E-state index < -0.39 is 0 Å². The molecule has 0 aliphatic carbocycles. The number of ether oxygens (including phenoxy) is 1. The number of hydrogen-bond acceptors (Lipinski definition) is 3. The molecule has 0 amide bonds. The zero-order valence-corrected chi connectivity index (χ0v) is 11.3. The molecule has 0 bridgehead atoms. The maximum atomic E-state index is 5.95. The van der Waals surface area contributed by atoms with Crippen molar-refractivity contribution in [1.82, 2.24) is 0 Å². The predicted octanol–water partition coefficient (Wildman–Crippen LogP) is 3.32. The van der Waals surface area contributed by atoms with Crippen LogP contribution in [0.1, 0.15) is 18.9 Å². The monoisotopic (exact) mass is 259 g/mol. The maximum Gasteiger partial charge on any atom is 0.122 e. The Morgan fingerprint density at radius 2 is 2.25 bits per heavy atom. The van der Waals surface area contributed by atoms with Gasteiger partial charge in [0.1, 0.15) is 5.75 Å². The minimum atomic E-state index is 0.273. The molecule has 0 fully saturated rings. The highest BCUT2D eigenvalue weighted by Crippen LogP contribution is 2.26. The predicted molar refractivity (Wildman–Crippen MR) is 72.4 cm³/mol. The fraction of sp³-hybridized carbons (Fsp3) is 0.500. The maximum absolute atomic E-state index is 5.95. The van der Waals surface area contributed by atoms with Gasteiger partial charge in [-0.2, -0.15) is 11.8 Å². The zero-order valence-electron chi connectivity index (χ0n) is 9.70. The van der Waals surface area contributed by atoms with Gasteiger partial charge in [0.05, 0.1) is 7.11 Å². The van der Waals surface area contributed by atoms with Gasteiger partial charge in [0.2, 0.25) is 0 Å². The fourth-order valence-electron chi connectivity index (χ4n) is 1.30. The van der Waals surface area contributed by atoms with Crippen molar-refractivity contribution in [2.45, 2.75) is 25.1 Å². The van der Waals surface area contributed by atoms with Crippen LogP contribution in [0.4, 0.5) is 0 Å². The molecule has 1 rings (SSSR count). The first-order valence-corrected chi connectivity index (χ1v) is 6.86. The molecule has 0 aliphatic heterocycles. The SMILES string of the molecule is CCC(N)CSCc1cc(Cl)ccc1OC. The molecule has 1 atom stereocenters. The number of thioether (sulfide) groups is 1. The molecule has 4 heteroatoms. The van der Waals surface area contributed by atoms with Crippen molar-refractivity contribution in [2.24, 2.45) is 5.73 Å². The molecule has 0 saturated heterocycles. The molecular formula is C12H18ClNOS. The molecule has 0 radical (unpaired) electrons. The van der Waals surface area contributed by atoms with E-state index in [9.17, 15) is 0 Å². The summed E-state index contributed by atoms with van der Waals surface area (Å²) in [5.41, 5.74) is 6.99. The van der Waals surface area contributed by atoms with Gasteiger partial charge in [0.25, 0.3) is 0 Å². The number of halogens is 1. The van der Waals surface area contributed by atoms with E-state index in [-0.39, 0.29) is 6.04 Å². The van der Waals surface area contributed by atoms with Gasteiger partial charge in [-0.25, -0.2) is 0 Å². The summed E-state index contributed by atoms with van der Waals surface area (Å²) < 4.78 is 5.28. The second-order valence-corrected chi connectivity index (χ2v) is 5.11. The van der Waals surface area contributed by atoms with Crippen LogP contribution in [0.5, 0.6) is 5.75 Å². The third-order valence-electron chi connectivity index (χ3n) is 2.36. The van der Waals surface area contributed by atoms with Crippen LogP contribution in [0.25, 0.3) is 0 Å². The largest absolute Gasteiger partial charge is 0.496 e. The van der Waals surface area contributed by atoms with Crippen LogP contribution >= 0.6 is 23.4 Å². The van der Waals surface area contributed by atoms with Crippen molar-refractivity contribution in [3.05, 3.63) is 28.8 Å². The van der Waals surface area contributed by atoms with Crippen molar-refractivity contribution in [3.8, 4) is 5.75 Å². The van der Waals surface area contributed by atoms with Crippen LogP contribution in [-0.4, -0.2) is 18.9 Å². The van der Waals surface area contributed by atoms with Gasteiger partial charge < -0.3 is 10.5 Å². The average molecular weight is 260 g/mol. The van der Waals surface area contributed by atoms with E-state index in [0.717, 1.165) is 34.3 Å². The number of nitrogens with two attached hydrogens (primary N) is 1. The van der Waals surface area contributed by atoms with Crippen LogP contribution in [-0.2, 0) is 5.75 Å². The van der Waals surface area contributed by atoms with Crippen LogP contribution in [0.3, 0.4) is 0 Å². The highest BCUT2D eigenvalue weighted by atomic mass is 35.5. The van der Waals surface area contributed by atoms with Crippen LogP contribution in [0, 0.1) is 0 Å². The summed E-state index contributed by atoms with van der Waals surface area (Å²) in [5, 5.41) is 0.746. The number of rotatable bonds is 6. The summed E-state index contributed by atoms with van der Waals surface area (Å²) in [7, 11) is 1.68. The molecule has 0 aromatic heterocycles. The second-order valence-electron chi connectivity index (χ2n) is 3.64. The highest BCUT2D eigenvalue weighted by molar-refractivity contribution is 7.98. The highest BCUT2D eigenvalue weighted by Gasteiger charge is 2.05. The second kappa shape index (κ2) is 7.05. The summed E-state index contributed by atoms with van der Waals surface area (Å²) in [6.07, 6.45) is 1.01. The van der Waals surface area contributed by atoms with Crippen LogP contribution in [0.2, 0.25) is 5.02 Å². The van der Waals surface area contributed by atoms with E-state index in [1.807, 2.05) is 30.0 Å². The Balaban J connectivity index is 2.55. The Hall–Kier alpha value is -0.380. The lowest BCUT2D eigenvalue weighted by atomic mass is 10.2. The Morgan fingerprint density at radius 1 is 1.50 bits per heavy atom. The fourth-order valence-corrected chi connectivity index (χ4v) is 2.59. The summed E-state index contributed by atoms with van der Waals surface area (Å²) in [6, 6.07) is 5.96. The molecule has 2 N–H and O–H groups in total. The average Bonchev–Trinajstić information content (AvgIpc) is 2.29. The van der Waals surface area contributed by atoms with Crippen molar-refractivity contribution in [2.75, 3.05) is 12.9 Å². The van der Waals surface area contributed by atoms with E-state index >= 15 is 0 Å². The van der Waals surface area contributed by atoms with E-state index in [4.69, 9.17) is 22.1 Å². The standard InChI is InChI=1S/C12H18ClNOS/c1-3-11(14)8-16-7-9-6-10(13)4-5-12(9)15-2/h4-6,11H,3,7-8,14H2,1-2H3. The molecule has 0 spiro atoms.